The van der Waals surface area contributed by atoms with Gasteiger partial charge in [0, 0.05) is 32.2 Å². The second kappa shape index (κ2) is 6.98. The molecule has 0 heterocycles. The Morgan fingerprint density at radius 1 is 1.27 bits per heavy atom. The molecule has 0 saturated heterocycles. The average Bonchev–Trinajstić information content (AvgIpc) is 3.32. The van der Waals surface area contributed by atoms with E-state index in [1.165, 1.54) is 8.61 Å². The number of benzene rings is 1. The van der Waals surface area contributed by atoms with Gasteiger partial charge in [-0.3, -0.25) is 0 Å². The molecule has 0 spiro atoms. The largest absolute Gasteiger partial charge is 0.494 e. The first-order chi connectivity index (χ1) is 10.4. The topological polar surface area (TPSA) is 49.9 Å². The maximum Gasteiger partial charge on any atom is 0.282 e. The van der Waals surface area contributed by atoms with E-state index >= 15 is 0 Å². The first-order valence-corrected chi connectivity index (χ1v) is 9.17. The first-order valence-electron chi connectivity index (χ1n) is 7.78. The molecule has 124 valence electrons. The molecule has 0 bridgehead atoms. The van der Waals surface area contributed by atoms with E-state index in [2.05, 4.69) is 0 Å². The standard InChI is InChI=1S/C16H26N2O3S/c1-5-21-16-9-7-6-8-15(16)12-17(3)22(19,20)18(4)13(2)14-10-11-14/h6-9,13-14H,5,10-12H2,1-4H3/t13-/m1/s1. The van der Waals surface area contributed by atoms with Crippen molar-refractivity contribution in [2.75, 3.05) is 20.7 Å². The summed E-state index contributed by atoms with van der Waals surface area (Å²) in [7, 11) is -0.173. The first kappa shape index (κ1) is 17.2. The molecule has 0 aromatic heterocycles. The van der Waals surface area contributed by atoms with Crippen molar-refractivity contribution in [3.8, 4) is 5.75 Å². The van der Waals surface area contributed by atoms with Gasteiger partial charge in [-0.1, -0.05) is 18.2 Å². The van der Waals surface area contributed by atoms with Crippen LogP contribution in [0.15, 0.2) is 24.3 Å². The summed E-state index contributed by atoms with van der Waals surface area (Å²) in [6.45, 7) is 4.77. The van der Waals surface area contributed by atoms with E-state index in [9.17, 15) is 8.42 Å². The van der Waals surface area contributed by atoms with E-state index in [4.69, 9.17) is 4.74 Å². The third kappa shape index (κ3) is 3.80. The molecule has 1 fully saturated rings. The van der Waals surface area contributed by atoms with E-state index < -0.39 is 10.2 Å². The lowest BCUT2D eigenvalue weighted by Crippen LogP contribution is -2.44. The van der Waals surface area contributed by atoms with Crippen LogP contribution in [0.3, 0.4) is 0 Å². The molecule has 0 unspecified atom stereocenters. The van der Waals surface area contributed by atoms with Crippen LogP contribution in [-0.2, 0) is 16.8 Å². The van der Waals surface area contributed by atoms with Gasteiger partial charge in [0.2, 0.25) is 0 Å². The van der Waals surface area contributed by atoms with E-state index in [0.29, 0.717) is 19.1 Å². The maximum atomic E-state index is 12.7. The Kier molecular flexibility index (Phi) is 5.47. The molecule has 22 heavy (non-hydrogen) atoms. The van der Waals surface area contributed by atoms with Crippen LogP contribution in [0.1, 0.15) is 32.3 Å². The quantitative estimate of drug-likeness (QED) is 0.737. The molecular weight excluding hydrogens is 300 g/mol. The van der Waals surface area contributed by atoms with Crippen molar-refractivity contribution in [2.24, 2.45) is 5.92 Å². The summed E-state index contributed by atoms with van der Waals surface area (Å²) in [5.41, 5.74) is 0.878. The highest BCUT2D eigenvalue weighted by Gasteiger charge is 2.37. The average molecular weight is 326 g/mol. The number of para-hydroxylation sites is 1. The molecule has 1 aromatic carbocycles. The number of rotatable bonds is 8. The molecule has 0 radical (unpaired) electrons. The van der Waals surface area contributed by atoms with Gasteiger partial charge in [-0.25, -0.2) is 0 Å². The maximum absolute atomic E-state index is 12.7. The van der Waals surface area contributed by atoms with Gasteiger partial charge in [0.15, 0.2) is 0 Å². The van der Waals surface area contributed by atoms with E-state index in [1.54, 1.807) is 14.1 Å². The number of nitrogens with zero attached hydrogens (tertiary/aromatic N) is 2. The molecule has 1 aromatic rings. The highest BCUT2D eigenvalue weighted by atomic mass is 32.2. The summed E-state index contributed by atoms with van der Waals surface area (Å²) >= 11 is 0. The van der Waals surface area contributed by atoms with Crippen LogP contribution < -0.4 is 4.74 Å². The monoisotopic (exact) mass is 326 g/mol. The van der Waals surface area contributed by atoms with Crippen molar-refractivity contribution >= 4 is 10.2 Å². The SMILES string of the molecule is CCOc1ccccc1CN(C)S(=O)(=O)N(C)[C@H](C)C1CC1. The van der Waals surface area contributed by atoms with Gasteiger partial charge in [-0.2, -0.15) is 17.0 Å². The smallest absolute Gasteiger partial charge is 0.282 e. The summed E-state index contributed by atoms with van der Waals surface area (Å²) in [6.07, 6.45) is 2.25. The molecule has 0 amide bonds. The Morgan fingerprint density at radius 2 is 1.91 bits per heavy atom. The van der Waals surface area contributed by atoms with E-state index in [-0.39, 0.29) is 6.04 Å². The minimum absolute atomic E-state index is 0.0505. The normalized spacial score (nSPS) is 17.0. The Labute approximate surface area is 134 Å². The van der Waals surface area contributed by atoms with E-state index in [0.717, 1.165) is 24.2 Å². The zero-order valence-electron chi connectivity index (χ0n) is 13.8. The lowest BCUT2D eigenvalue weighted by Gasteiger charge is -2.29. The fourth-order valence-electron chi connectivity index (χ4n) is 2.56. The minimum atomic E-state index is -3.46. The molecule has 1 atom stereocenters. The Hall–Kier alpha value is -1.11. The molecular formula is C16H26N2O3S. The lowest BCUT2D eigenvalue weighted by molar-refractivity contribution is 0.313. The van der Waals surface area contributed by atoms with Crippen molar-refractivity contribution in [3.63, 3.8) is 0 Å². The molecule has 0 aliphatic heterocycles. The Balaban J connectivity index is 2.12. The van der Waals surface area contributed by atoms with Crippen LogP contribution in [-0.4, -0.2) is 43.8 Å². The summed E-state index contributed by atoms with van der Waals surface area (Å²) in [4.78, 5) is 0. The summed E-state index contributed by atoms with van der Waals surface area (Å²) in [5.74, 6) is 1.24. The Morgan fingerprint density at radius 3 is 2.50 bits per heavy atom. The molecule has 2 rings (SSSR count). The highest BCUT2D eigenvalue weighted by Crippen LogP contribution is 2.36. The lowest BCUT2D eigenvalue weighted by atomic mass is 10.2. The predicted octanol–water partition coefficient (Wildman–Crippen LogP) is 2.49. The zero-order chi connectivity index (χ0) is 16.3. The van der Waals surface area contributed by atoms with Gasteiger partial charge in [-0.05, 0) is 38.7 Å². The van der Waals surface area contributed by atoms with Crippen LogP contribution in [0, 0.1) is 5.92 Å². The Bertz CT molecular complexity index is 599. The third-order valence-corrected chi connectivity index (χ3v) is 6.28. The number of hydrogen-bond acceptors (Lipinski definition) is 3. The summed E-state index contributed by atoms with van der Waals surface area (Å²) < 4.78 is 33.8. The van der Waals surface area contributed by atoms with Crippen molar-refractivity contribution < 1.29 is 13.2 Å². The van der Waals surface area contributed by atoms with Crippen molar-refractivity contribution in [1.29, 1.82) is 0 Å². The molecule has 5 nitrogen and oxygen atoms in total. The molecule has 1 aliphatic rings. The van der Waals surface area contributed by atoms with Crippen LogP contribution >= 0.6 is 0 Å². The van der Waals surface area contributed by atoms with Crippen molar-refractivity contribution in [1.82, 2.24) is 8.61 Å². The van der Waals surface area contributed by atoms with Gasteiger partial charge in [-0.15, -0.1) is 0 Å². The zero-order valence-corrected chi connectivity index (χ0v) is 14.6. The third-order valence-electron chi connectivity index (χ3n) is 4.30. The second-order valence-electron chi connectivity index (χ2n) is 5.90. The minimum Gasteiger partial charge on any atom is -0.494 e. The van der Waals surface area contributed by atoms with Crippen LogP contribution in [0.25, 0.3) is 0 Å². The van der Waals surface area contributed by atoms with Crippen LogP contribution in [0.4, 0.5) is 0 Å². The van der Waals surface area contributed by atoms with Gasteiger partial charge in [0.05, 0.1) is 6.61 Å². The van der Waals surface area contributed by atoms with E-state index in [1.807, 2.05) is 38.1 Å². The van der Waals surface area contributed by atoms with Gasteiger partial charge < -0.3 is 4.74 Å². The fraction of sp³-hybridized carbons (Fsp3) is 0.625. The van der Waals surface area contributed by atoms with Crippen LogP contribution in [0.5, 0.6) is 5.75 Å². The second-order valence-corrected chi connectivity index (χ2v) is 7.99. The van der Waals surface area contributed by atoms with Crippen LogP contribution in [0.2, 0.25) is 0 Å². The molecule has 6 heteroatoms. The molecule has 1 aliphatic carbocycles. The van der Waals surface area contributed by atoms with Gasteiger partial charge in [0.1, 0.15) is 5.75 Å². The summed E-state index contributed by atoms with van der Waals surface area (Å²) in [6, 6.07) is 7.62. The highest BCUT2D eigenvalue weighted by molar-refractivity contribution is 7.86. The summed E-state index contributed by atoms with van der Waals surface area (Å²) in [5, 5.41) is 0. The molecule has 1 saturated carbocycles. The predicted molar refractivity (Wildman–Crippen MR) is 87.9 cm³/mol. The number of hydrogen-bond donors (Lipinski definition) is 0. The fourth-order valence-corrected chi connectivity index (χ4v) is 3.89. The molecule has 0 N–H and O–H groups in total. The van der Waals surface area contributed by atoms with Gasteiger partial charge in [0.25, 0.3) is 10.2 Å². The van der Waals surface area contributed by atoms with Gasteiger partial charge >= 0.3 is 0 Å². The van der Waals surface area contributed by atoms with Crippen molar-refractivity contribution in [2.45, 2.75) is 39.3 Å². The number of ether oxygens (including phenoxy) is 1. The van der Waals surface area contributed by atoms with Crippen molar-refractivity contribution in [3.05, 3.63) is 29.8 Å².